The number of allylic oxidation sites excluding steroid dienone is 2. The molecule has 0 aromatic carbocycles. The third kappa shape index (κ3) is 10.7. The molecule has 0 bridgehead atoms. The van der Waals surface area contributed by atoms with Gasteiger partial charge in [0.05, 0.1) is 0 Å². The SMILES string of the molecule is CCC[CH2][Sn]([CH2]CCC)([CH2]CCC)[CH2]/C(=C\C(C)(C)C)[Si](C)(C)C. The van der Waals surface area contributed by atoms with Crippen LogP contribution in [0, 0.1) is 5.41 Å². The van der Waals surface area contributed by atoms with Gasteiger partial charge in [-0.3, -0.25) is 0 Å². The molecule has 0 rings (SSSR count). The van der Waals surface area contributed by atoms with Crippen molar-refractivity contribution in [2.24, 2.45) is 5.41 Å². The molecule has 0 aliphatic carbocycles. The maximum absolute atomic E-state index is 2.70. The zero-order chi connectivity index (χ0) is 18.9. The van der Waals surface area contributed by atoms with E-state index in [1.165, 1.54) is 38.5 Å². The Balaban J connectivity index is 5.65. The first-order valence-corrected chi connectivity index (χ1v) is 22.3. The van der Waals surface area contributed by atoms with Gasteiger partial charge in [0.1, 0.15) is 0 Å². The molecule has 0 fully saturated rings. The van der Waals surface area contributed by atoms with Gasteiger partial charge in [0.15, 0.2) is 0 Å². The average Bonchev–Trinajstić information content (AvgIpc) is 2.45. The molecule has 0 unspecified atom stereocenters. The molecule has 144 valence electrons. The van der Waals surface area contributed by atoms with E-state index in [4.69, 9.17) is 0 Å². The van der Waals surface area contributed by atoms with Crippen LogP contribution in [0.25, 0.3) is 0 Å². The Bertz CT molecular complexity index is 335. The molecule has 0 saturated carbocycles. The van der Waals surface area contributed by atoms with Gasteiger partial charge < -0.3 is 0 Å². The Morgan fingerprint density at radius 1 is 0.792 bits per heavy atom. The van der Waals surface area contributed by atoms with Gasteiger partial charge >= 0.3 is 161 Å². The summed E-state index contributed by atoms with van der Waals surface area (Å²) in [6.45, 7) is 22.1. The van der Waals surface area contributed by atoms with Crippen molar-refractivity contribution in [3.05, 3.63) is 11.3 Å². The summed E-state index contributed by atoms with van der Waals surface area (Å²) < 4.78 is 6.53. The van der Waals surface area contributed by atoms with Crippen molar-refractivity contribution in [2.45, 2.75) is 117 Å². The molecule has 0 saturated heterocycles. The Morgan fingerprint density at radius 2 is 1.17 bits per heavy atom. The topological polar surface area (TPSA) is 0 Å². The molecule has 2 heteroatoms. The summed E-state index contributed by atoms with van der Waals surface area (Å²) in [6.07, 6.45) is 11.4. The summed E-state index contributed by atoms with van der Waals surface area (Å²) >= 11 is -2.05. The second kappa shape index (κ2) is 11.5. The molecule has 0 aromatic heterocycles. The summed E-state index contributed by atoms with van der Waals surface area (Å²) in [5, 5.41) is 1.93. The molecular weight excluding hydrogens is 411 g/mol. The summed E-state index contributed by atoms with van der Waals surface area (Å²) in [4.78, 5) is 0. The number of hydrogen-bond donors (Lipinski definition) is 0. The number of unbranched alkanes of at least 4 members (excludes halogenated alkanes) is 3. The number of hydrogen-bond acceptors (Lipinski definition) is 0. The van der Waals surface area contributed by atoms with Gasteiger partial charge in [-0.1, -0.05) is 0 Å². The van der Waals surface area contributed by atoms with Crippen molar-refractivity contribution in [1.82, 2.24) is 0 Å². The minimum atomic E-state index is -2.05. The Morgan fingerprint density at radius 3 is 1.42 bits per heavy atom. The molecule has 0 aromatic rings. The van der Waals surface area contributed by atoms with Crippen LogP contribution in [-0.2, 0) is 0 Å². The van der Waals surface area contributed by atoms with Crippen LogP contribution in [0.3, 0.4) is 0 Å². The van der Waals surface area contributed by atoms with E-state index >= 15 is 0 Å². The van der Waals surface area contributed by atoms with Crippen molar-refractivity contribution in [1.29, 1.82) is 0 Å². The van der Waals surface area contributed by atoms with E-state index in [0.29, 0.717) is 5.41 Å². The summed E-state index contributed by atoms with van der Waals surface area (Å²) in [5.41, 5.74) is 0.341. The predicted octanol–water partition coefficient (Wildman–Crippen LogP) is 8.69. The van der Waals surface area contributed by atoms with Crippen LogP contribution in [0.15, 0.2) is 11.3 Å². The molecule has 0 nitrogen and oxygen atoms in total. The zero-order valence-corrected chi connectivity index (χ0v) is 22.5. The quantitative estimate of drug-likeness (QED) is 0.256. The van der Waals surface area contributed by atoms with Gasteiger partial charge in [-0.25, -0.2) is 0 Å². The van der Waals surface area contributed by atoms with Crippen LogP contribution in [0.5, 0.6) is 0 Å². The van der Waals surface area contributed by atoms with Crippen LogP contribution < -0.4 is 0 Å². The first kappa shape index (κ1) is 24.8. The Hall–Kier alpha value is 0.756. The van der Waals surface area contributed by atoms with Gasteiger partial charge in [-0.05, 0) is 0 Å². The van der Waals surface area contributed by atoms with E-state index in [1.807, 2.05) is 5.20 Å². The molecule has 0 aliphatic heterocycles. The molecule has 0 spiro atoms. The summed E-state index contributed by atoms with van der Waals surface area (Å²) in [6, 6.07) is 0. The molecule has 0 heterocycles. The van der Waals surface area contributed by atoms with E-state index in [0.717, 1.165) is 0 Å². The van der Waals surface area contributed by atoms with Gasteiger partial charge in [-0.15, -0.1) is 0 Å². The molecule has 24 heavy (non-hydrogen) atoms. The monoisotopic (exact) mass is 460 g/mol. The summed E-state index contributed by atoms with van der Waals surface area (Å²) in [5.74, 6) is 0. The first-order valence-electron chi connectivity index (χ1n) is 10.7. The van der Waals surface area contributed by atoms with Crippen molar-refractivity contribution in [3.63, 3.8) is 0 Å². The van der Waals surface area contributed by atoms with Crippen LogP contribution in [0.4, 0.5) is 0 Å². The molecule has 0 radical (unpaired) electrons. The van der Waals surface area contributed by atoms with Crippen LogP contribution >= 0.6 is 0 Å². The van der Waals surface area contributed by atoms with E-state index < -0.39 is 26.5 Å². The van der Waals surface area contributed by atoms with Crippen molar-refractivity contribution >= 4 is 26.5 Å². The molecule has 0 aliphatic rings. The first-order chi connectivity index (χ1) is 11.0. The van der Waals surface area contributed by atoms with Crippen molar-refractivity contribution in [3.8, 4) is 0 Å². The van der Waals surface area contributed by atoms with Gasteiger partial charge in [-0.2, -0.15) is 0 Å². The second-order valence-electron chi connectivity index (χ2n) is 10.3. The van der Waals surface area contributed by atoms with E-state index in [2.05, 4.69) is 67.3 Å². The Labute approximate surface area is 160 Å². The van der Waals surface area contributed by atoms with Crippen molar-refractivity contribution in [2.75, 3.05) is 0 Å². The minimum absolute atomic E-state index is 0.341. The molecule has 0 N–H and O–H groups in total. The fraction of sp³-hybridized carbons (Fsp3) is 0.909. The third-order valence-corrected chi connectivity index (χ3v) is 23.9. The molecular formula is C22H48SiSn. The number of rotatable bonds is 12. The van der Waals surface area contributed by atoms with E-state index in [1.54, 1.807) is 17.7 Å². The van der Waals surface area contributed by atoms with Gasteiger partial charge in [0.2, 0.25) is 0 Å². The third-order valence-electron chi connectivity index (χ3n) is 5.32. The average molecular weight is 459 g/mol. The normalized spacial score (nSPS) is 14.3. The fourth-order valence-electron chi connectivity index (χ4n) is 3.75. The van der Waals surface area contributed by atoms with Crippen LogP contribution in [-0.4, -0.2) is 26.5 Å². The summed E-state index contributed by atoms with van der Waals surface area (Å²) in [7, 11) is -1.21. The van der Waals surface area contributed by atoms with Crippen LogP contribution in [0.1, 0.15) is 80.1 Å². The van der Waals surface area contributed by atoms with Gasteiger partial charge in [0.25, 0.3) is 0 Å². The van der Waals surface area contributed by atoms with Gasteiger partial charge in [0, 0.05) is 0 Å². The fourth-order valence-corrected chi connectivity index (χ4v) is 27.9. The van der Waals surface area contributed by atoms with Crippen molar-refractivity contribution < 1.29 is 0 Å². The maximum atomic E-state index is 2.70. The second-order valence-corrected chi connectivity index (χ2v) is 29.3. The standard InChI is InChI=1S/C10H21Si.3C4H9.Sn/c1-9(11(5,6)7)8-10(2,3)4;3*1-3-4-2;/h8H,1H2,2-7H3;3*1,3-4H2,2H3;/b9-8+;;;;. The zero-order valence-electron chi connectivity index (χ0n) is 18.6. The molecule has 0 amide bonds. The van der Waals surface area contributed by atoms with E-state index in [9.17, 15) is 0 Å². The molecule has 0 atom stereocenters. The predicted molar refractivity (Wildman–Crippen MR) is 121 cm³/mol. The van der Waals surface area contributed by atoms with E-state index in [-0.39, 0.29) is 0 Å². The van der Waals surface area contributed by atoms with Crippen LogP contribution in [0.2, 0.25) is 37.4 Å². The Kier molecular flexibility index (Phi) is 11.8.